The van der Waals surface area contributed by atoms with E-state index in [4.69, 9.17) is 18.9 Å². The number of ether oxygens (including phenoxy) is 4. The van der Waals surface area contributed by atoms with Gasteiger partial charge in [-0.2, -0.15) is 5.10 Å². The van der Waals surface area contributed by atoms with Gasteiger partial charge in [0.05, 0.1) is 33.6 Å². The van der Waals surface area contributed by atoms with Gasteiger partial charge in [0.15, 0.2) is 23.0 Å². The lowest BCUT2D eigenvalue weighted by Gasteiger charge is -2.12. The van der Waals surface area contributed by atoms with Crippen LogP contribution in [0.3, 0.4) is 0 Å². The van der Waals surface area contributed by atoms with Gasteiger partial charge in [0.1, 0.15) is 12.4 Å². The molecule has 6 nitrogen and oxygen atoms in total. The van der Waals surface area contributed by atoms with Crippen molar-refractivity contribution in [3.63, 3.8) is 0 Å². The Bertz CT molecular complexity index is 1040. The first-order valence-corrected chi connectivity index (χ1v) is 10.2. The van der Waals surface area contributed by atoms with E-state index in [2.05, 4.69) is 10.5 Å². The third kappa shape index (κ3) is 6.38. The highest BCUT2D eigenvalue weighted by molar-refractivity contribution is 5.80. The largest absolute Gasteiger partial charge is 0.493 e. The summed E-state index contributed by atoms with van der Waals surface area (Å²) in [6.07, 6.45) is 1.72. The number of nitrogens with zero attached hydrogens (tertiary/aromatic N) is 1. The molecule has 0 radical (unpaired) electrons. The first-order valence-electron chi connectivity index (χ1n) is 10.2. The molecule has 1 N–H and O–H groups in total. The smallest absolute Gasteiger partial charge is 0.161 e. The second-order valence-electron chi connectivity index (χ2n) is 6.84. The normalized spacial score (nSPS) is 10.8. The number of rotatable bonds is 11. The molecule has 0 spiro atoms. The molecule has 7 heteroatoms. The maximum Gasteiger partial charge on any atom is 0.161 e. The summed E-state index contributed by atoms with van der Waals surface area (Å²) < 4.78 is 35.2. The molecule has 168 valence electrons. The van der Waals surface area contributed by atoms with Gasteiger partial charge in [-0.25, -0.2) is 4.39 Å². The molecule has 0 unspecified atom stereocenters. The molecule has 0 amide bonds. The monoisotopic (exact) mass is 438 g/mol. The summed E-state index contributed by atoms with van der Waals surface area (Å²) in [4.78, 5) is 0. The fraction of sp³-hybridized carbons (Fsp3) is 0.240. The van der Waals surface area contributed by atoms with Crippen molar-refractivity contribution in [2.75, 3.05) is 20.8 Å². The predicted octanol–water partition coefficient (Wildman–Crippen LogP) is 4.94. The fourth-order valence-corrected chi connectivity index (χ4v) is 2.98. The van der Waals surface area contributed by atoms with Gasteiger partial charge in [-0.05, 0) is 66.1 Å². The quantitative estimate of drug-likeness (QED) is 0.339. The lowest BCUT2D eigenvalue weighted by atomic mass is 10.2. The number of hydrogen-bond acceptors (Lipinski definition) is 6. The third-order valence-electron chi connectivity index (χ3n) is 4.61. The minimum atomic E-state index is -0.271. The Morgan fingerprint density at radius 2 is 1.53 bits per heavy atom. The maximum atomic E-state index is 13.1. The highest BCUT2D eigenvalue weighted by Gasteiger charge is 2.07. The lowest BCUT2D eigenvalue weighted by molar-refractivity contribution is 0.269. The van der Waals surface area contributed by atoms with Crippen molar-refractivity contribution in [3.05, 3.63) is 83.2 Å². The minimum absolute atomic E-state index is 0.271. The van der Waals surface area contributed by atoms with Gasteiger partial charge < -0.3 is 24.4 Å². The van der Waals surface area contributed by atoms with Crippen molar-refractivity contribution in [3.8, 4) is 23.0 Å². The summed E-state index contributed by atoms with van der Waals surface area (Å²) in [6, 6.07) is 17.5. The number of benzene rings is 3. The van der Waals surface area contributed by atoms with E-state index in [-0.39, 0.29) is 5.82 Å². The Hall–Kier alpha value is -3.74. The van der Waals surface area contributed by atoms with Gasteiger partial charge in [0.2, 0.25) is 0 Å². The number of nitrogens with one attached hydrogen (secondary N) is 1. The van der Waals surface area contributed by atoms with Gasteiger partial charge in [-0.15, -0.1) is 0 Å². The second-order valence-corrected chi connectivity index (χ2v) is 6.84. The van der Waals surface area contributed by atoms with E-state index in [1.165, 1.54) is 12.1 Å². The average Bonchev–Trinajstić information content (AvgIpc) is 2.82. The Labute approximate surface area is 187 Å². The summed E-state index contributed by atoms with van der Waals surface area (Å²) in [5.41, 5.74) is 5.78. The second kappa shape index (κ2) is 11.6. The molecule has 0 aliphatic heterocycles. The molecular formula is C25H27FN2O4. The molecule has 0 aliphatic rings. The van der Waals surface area contributed by atoms with Crippen LogP contribution in [0.15, 0.2) is 65.8 Å². The molecule has 0 heterocycles. The first-order chi connectivity index (χ1) is 15.6. The van der Waals surface area contributed by atoms with Gasteiger partial charge in [0, 0.05) is 0 Å². The zero-order valence-corrected chi connectivity index (χ0v) is 18.4. The average molecular weight is 438 g/mol. The molecule has 3 rings (SSSR count). The van der Waals surface area contributed by atoms with Crippen molar-refractivity contribution < 1.29 is 23.3 Å². The number of hydrazone groups is 1. The molecule has 0 fully saturated rings. The molecule has 3 aromatic rings. The van der Waals surface area contributed by atoms with Crippen LogP contribution in [-0.2, 0) is 13.2 Å². The molecule has 0 saturated carbocycles. The number of hydrogen-bond donors (Lipinski definition) is 1. The maximum absolute atomic E-state index is 13.1. The Morgan fingerprint density at radius 1 is 0.812 bits per heavy atom. The van der Waals surface area contributed by atoms with Crippen molar-refractivity contribution >= 4 is 6.21 Å². The van der Waals surface area contributed by atoms with E-state index in [1.54, 1.807) is 32.6 Å². The number of methoxy groups -OCH3 is 2. The van der Waals surface area contributed by atoms with Crippen LogP contribution in [0.25, 0.3) is 0 Å². The molecule has 0 bridgehead atoms. The molecule has 32 heavy (non-hydrogen) atoms. The molecule has 0 atom stereocenters. The lowest BCUT2D eigenvalue weighted by Crippen LogP contribution is -2.06. The van der Waals surface area contributed by atoms with Crippen molar-refractivity contribution in [2.24, 2.45) is 5.10 Å². The third-order valence-corrected chi connectivity index (χ3v) is 4.61. The Balaban J connectivity index is 1.60. The minimum Gasteiger partial charge on any atom is -0.493 e. The first kappa shape index (κ1) is 22.9. The van der Waals surface area contributed by atoms with Crippen LogP contribution >= 0.6 is 0 Å². The van der Waals surface area contributed by atoms with Crippen LogP contribution in [0.2, 0.25) is 0 Å². The van der Waals surface area contributed by atoms with Crippen LogP contribution < -0.4 is 24.4 Å². The van der Waals surface area contributed by atoms with Crippen LogP contribution in [0.4, 0.5) is 4.39 Å². The van der Waals surface area contributed by atoms with Gasteiger partial charge in [-0.1, -0.05) is 18.2 Å². The zero-order chi connectivity index (χ0) is 22.8. The van der Waals surface area contributed by atoms with E-state index in [0.29, 0.717) is 42.8 Å². The SMILES string of the molecule is CCOc1cc(/C=N/NCc2ccc(OC)c(OC)c2)ccc1OCc1ccc(F)cc1. The van der Waals surface area contributed by atoms with E-state index >= 15 is 0 Å². The Kier molecular flexibility index (Phi) is 8.31. The molecule has 0 saturated heterocycles. The van der Waals surface area contributed by atoms with Gasteiger partial charge >= 0.3 is 0 Å². The summed E-state index contributed by atoms with van der Waals surface area (Å²) in [6.45, 7) is 3.27. The predicted molar refractivity (Wildman–Crippen MR) is 122 cm³/mol. The van der Waals surface area contributed by atoms with Crippen LogP contribution in [0.1, 0.15) is 23.6 Å². The molecular weight excluding hydrogens is 411 g/mol. The van der Waals surface area contributed by atoms with Gasteiger partial charge in [-0.3, -0.25) is 0 Å². The highest BCUT2D eigenvalue weighted by atomic mass is 19.1. The standard InChI is InChI=1S/C25H27FN2O4/c1-4-31-25-14-20(8-12-23(25)32-17-18-5-9-21(26)10-6-18)16-28-27-15-19-7-11-22(29-2)24(13-19)30-3/h5-14,16,27H,4,15,17H2,1-3H3/b28-16+. The van der Waals surface area contributed by atoms with Crippen molar-refractivity contribution in [2.45, 2.75) is 20.1 Å². The van der Waals surface area contributed by atoms with Crippen LogP contribution in [0.5, 0.6) is 23.0 Å². The van der Waals surface area contributed by atoms with E-state index < -0.39 is 0 Å². The topological polar surface area (TPSA) is 61.3 Å². The van der Waals surface area contributed by atoms with Crippen molar-refractivity contribution in [1.29, 1.82) is 0 Å². The van der Waals surface area contributed by atoms with Crippen molar-refractivity contribution in [1.82, 2.24) is 5.43 Å². The highest BCUT2D eigenvalue weighted by Crippen LogP contribution is 2.29. The summed E-state index contributed by atoms with van der Waals surface area (Å²) in [5.74, 6) is 2.33. The van der Waals surface area contributed by atoms with E-state index in [1.807, 2.05) is 43.3 Å². The zero-order valence-electron chi connectivity index (χ0n) is 18.4. The summed E-state index contributed by atoms with van der Waals surface area (Å²) >= 11 is 0. The van der Waals surface area contributed by atoms with Crippen LogP contribution in [0, 0.1) is 5.82 Å². The van der Waals surface area contributed by atoms with E-state index in [0.717, 1.165) is 16.7 Å². The van der Waals surface area contributed by atoms with Crippen LogP contribution in [-0.4, -0.2) is 27.0 Å². The van der Waals surface area contributed by atoms with Gasteiger partial charge in [0.25, 0.3) is 0 Å². The Morgan fingerprint density at radius 3 is 2.25 bits per heavy atom. The molecule has 0 aromatic heterocycles. The summed E-state index contributed by atoms with van der Waals surface area (Å²) in [5, 5.41) is 4.29. The molecule has 3 aromatic carbocycles. The summed E-state index contributed by atoms with van der Waals surface area (Å²) in [7, 11) is 3.21. The van der Waals surface area contributed by atoms with E-state index in [9.17, 15) is 4.39 Å². The number of halogens is 1. The fourth-order valence-electron chi connectivity index (χ4n) is 2.98. The molecule has 0 aliphatic carbocycles.